The summed E-state index contributed by atoms with van der Waals surface area (Å²) in [6, 6.07) is 54.9. The summed E-state index contributed by atoms with van der Waals surface area (Å²) in [7, 11) is 1.67. The van der Waals surface area contributed by atoms with Crippen molar-refractivity contribution in [2.24, 2.45) is 4.99 Å². The molecule has 2 heterocycles. The minimum absolute atomic E-state index is 0.0544. The van der Waals surface area contributed by atoms with E-state index < -0.39 is 6.03 Å². The number of nitrogens with zero attached hydrogens (tertiary/aromatic N) is 4. The van der Waals surface area contributed by atoms with Crippen LogP contribution in [0.5, 0.6) is 28.7 Å². The molecular weight excluding hydrogens is 1100 g/mol. The number of nitrogen functional groups attached to an aromatic ring is 1. The molecule has 88 heavy (non-hydrogen) atoms. The number of likely N-dealkylation sites (tertiary alicyclic amines) is 2. The highest BCUT2D eigenvalue weighted by Crippen LogP contribution is 2.34. The topological polar surface area (TPSA) is 180 Å². The van der Waals surface area contributed by atoms with Gasteiger partial charge in [-0.05, 0) is 204 Å². The van der Waals surface area contributed by atoms with Crippen molar-refractivity contribution < 1.29 is 33.4 Å². The van der Waals surface area contributed by atoms with Gasteiger partial charge >= 0.3 is 6.03 Å². The molecule has 9 aromatic carbocycles. The summed E-state index contributed by atoms with van der Waals surface area (Å²) in [6.07, 6.45) is 6.42. The number of hydrogen-bond donors (Lipinski definition) is 4. The summed E-state index contributed by atoms with van der Waals surface area (Å²) in [4.78, 5) is 60.2. The van der Waals surface area contributed by atoms with Crippen molar-refractivity contribution in [3.63, 3.8) is 0 Å². The number of fused-ring (bicyclic) bond motifs is 2. The number of rotatable bonds is 18. The molecule has 0 bridgehead atoms. The smallest absolute Gasteiger partial charge is 0.323 e. The van der Waals surface area contributed by atoms with Crippen molar-refractivity contribution in [3.05, 3.63) is 220 Å². The van der Waals surface area contributed by atoms with Crippen LogP contribution in [-0.2, 0) is 11.3 Å². The second-order valence-electron chi connectivity index (χ2n) is 22.4. The van der Waals surface area contributed by atoms with Crippen molar-refractivity contribution >= 4 is 68.2 Å². The quantitative estimate of drug-likeness (QED) is 0.0367. The van der Waals surface area contributed by atoms with E-state index in [-0.39, 0.29) is 11.8 Å². The first-order valence-corrected chi connectivity index (χ1v) is 30.0. The van der Waals surface area contributed by atoms with Gasteiger partial charge in [-0.3, -0.25) is 9.59 Å². The van der Waals surface area contributed by atoms with Crippen LogP contribution in [0.3, 0.4) is 0 Å². The number of carbonyl (C=O) groups is 3. The van der Waals surface area contributed by atoms with Crippen molar-refractivity contribution in [2.45, 2.75) is 66.8 Å². The van der Waals surface area contributed by atoms with Crippen LogP contribution in [0.2, 0.25) is 0 Å². The van der Waals surface area contributed by atoms with E-state index in [4.69, 9.17) is 19.9 Å². The Labute approximate surface area is 516 Å². The molecule has 5 N–H and O–H groups in total. The lowest BCUT2D eigenvalue weighted by Crippen LogP contribution is -2.37. The van der Waals surface area contributed by atoms with Gasteiger partial charge in [0.25, 0.3) is 11.8 Å². The number of benzene rings is 9. The van der Waals surface area contributed by atoms with E-state index >= 15 is 0 Å². The van der Waals surface area contributed by atoms with Gasteiger partial charge in [-0.1, -0.05) is 97.1 Å². The van der Waals surface area contributed by atoms with Crippen LogP contribution in [0.1, 0.15) is 79.8 Å². The summed E-state index contributed by atoms with van der Waals surface area (Å²) in [5.41, 5.74) is 16.3. The Bertz CT molecular complexity index is 3950. The summed E-state index contributed by atoms with van der Waals surface area (Å²) < 4.78 is 17.8. The number of nitrogens with one attached hydrogen (secondary N) is 3. The molecule has 15 heteroatoms. The van der Waals surface area contributed by atoms with Gasteiger partial charge in [-0.2, -0.15) is 4.99 Å². The predicted molar refractivity (Wildman–Crippen MR) is 354 cm³/mol. The van der Waals surface area contributed by atoms with Gasteiger partial charge in [0, 0.05) is 60.2 Å². The van der Waals surface area contributed by atoms with Crippen LogP contribution in [0.25, 0.3) is 21.5 Å². The molecule has 2 fully saturated rings. The van der Waals surface area contributed by atoms with Crippen LogP contribution in [-0.4, -0.2) is 98.1 Å². The second-order valence-corrected chi connectivity index (χ2v) is 22.4. The highest BCUT2D eigenvalue weighted by atomic mass is 16.5. The standard InChI is InChI=1S/C32H34N4O3.C30H37N3O3.C11H7NO/c1-22-12-14-26(20-23(22)2)39-30-15-13-25(31(37)33-16-19-36-17-5-6-18-36)21-29(30)35-32(38)34-28-11-7-9-24-8-3-4-10-27(24)28;1-21-7-9-25(29(17-21)35-4)20-33(16-15-32-13-5-6-14-32)30(34)24-10-12-28(27(31)19-24)36-26-11-8-22(2)23(3)18-26;13-8-12-11-7-3-5-9-4-1-2-6-10(9)11/h3-4,7-15,20-21H,5-6,16-19H2,1-2H3,(H,33,37)(H2,34,35,38);7-12,17-19H,5-6,13-16,20,31H2,1-4H3;1-7H. The van der Waals surface area contributed by atoms with Crippen LogP contribution < -0.4 is 35.9 Å². The monoisotopic (exact) mass is 1180 g/mol. The number of urea groups is 1. The van der Waals surface area contributed by atoms with Crippen molar-refractivity contribution in [1.82, 2.24) is 20.0 Å². The molecule has 4 amide bonds. The zero-order valence-electron chi connectivity index (χ0n) is 51.2. The number of methoxy groups -OCH3 is 1. The number of carbonyl (C=O) groups excluding carboxylic acids is 4. The van der Waals surface area contributed by atoms with Gasteiger partial charge in [0.2, 0.25) is 6.08 Å². The molecular formula is C73H78N8O7. The molecule has 0 spiro atoms. The zero-order chi connectivity index (χ0) is 61.9. The molecule has 9 aromatic rings. The third kappa shape index (κ3) is 17.0. The van der Waals surface area contributed by atoms with E-state index in [1.165, 1.54) is 31.2 Å². The average molecular weight is 1180 g/mol. The van der Waals surface area contributed by atoms with E-state index in [0.717, 1.165) is 100 Å². The third-order valence-electron chi connectivity index (χ3n) is 16.0. The van der Waals surface area contributed by atoms with Crippen molar-refractivity contribution in [2.75, 3.05) is 75.8 Å². The SMILES string of the molecule is COc1cc(C)ccc1CN(CCN1CCCC1)C(=O)c1ccc(Oc2ccc(C)c(C)c2)c(N)c1.Cc1ccc(Oc2ccc(C(=O)NCCN3CCCC3)cc2NC(=O)Nc2cccc3ccccc23)cc1C.O=C=Nc1cccc2ccccc12. The first kappa shape index (κ1) is 62.7. The average Bonchev–Trinajstić information content (AvgIpc) is 4.11. The number of amides is 4. The number of nitrogens with two attached hydrogens (primary N) is 1. The minimum atomic E-state index is -0.428. The number of aryl methyl sites for hydroxylation is 5. The fourth-order valence-corrected chi connectivity index (χ4v) is 10.7. The van der Waals surface area contributed by atoms with Crippen LogP contribution >= 0.6 is 0 Å². The molecule has 11 rings (SSSR count). The Morgan fingerprint density at radius 1 is 0.568 bits per heavy atom. The highest BCUT2D eigenvalue weighted by molar-refractivity contribution is 6.07. The molecule has 0 saturated carbocycles. The van der Waals surface area contributed by atoms with E-state index in [1.807, 2.05) is 160 Å². The summed E-state index contributed by atoms with van der Waals surface area (Å²) in [6.45, 7) is 17.9. The first-order valence-electron chi connectivity index (χ1n) is 30.0. The normalized spacial score (nSPS) is 12.8. The number of aliphatic imine (C=N–C) groups is 1. The molecule has 452 valence electrons. The lowest BCUT2D eigenvalue weighted by Gasteiger charge is -2.27. The molecule has 2 aliphatic rings. The van der Waals surface area contributed by atoms with Gasteiger partial charge in [-0.25, -0.2) is 9.59 Å². The van der Waals surface area contributed by atoms with Gasteiger partial charge < -0.3 is 50.6 Å². The maximum atomic E-state index is 13.7. The highest BCUT2D eigenvalue weighted by Gasteiger charge is 2.22. The molecule has 2 saturated heterocycles. The Kier molecular flexibility index (Phi) is 21.8. The fraction of sp³-hybridized carbons (Fsp3) is 0.260. The molecule has 0 unspecified atom stereocenters. The van der Waals surface area contributed by atoms with Crippen LogP contribution in [0.15, 0.2) is 181 Å². The summed E-state index contributed by atoms with van der Waals surface area (Å²) >= 11 is 0. The number of hydrogen-bond acceptors (Lipinski definition) is 11. The zero-order valence-corrected chi connectivity index (χ0v) is 51.2. The van der Waals surface area contributed by atoms with Gasteiger partial charge in [0.05, 0.1) is 29.9 Å². The Hall–Kier alpha value is -9.79. The van der Waals surface area contributed by atoms with E-state index in [9.17, 15) is 19.2 Å². The summed E-state index contributed by atoms with van der Waals surface area (Å²) in [5, 5.41) is 12.9. The second kappa shape index (κ2) is 30.5. The maximum Gasteiger partial charge on any atom is 0.323 e. The molecule has 0 radical (unpaired) electrons. The van der Waals surface area contributed by atoms with Gasteiger partial charge in [-0.15, -0.1) is 0 Å². The fourth-order valence-electron chi connectivity index (χ4n) is 10.7. The largest absolute Gasteiger partial charge is 0.496 e. The van der Waals surface area contributed by atoms with Gasteiger partial charge in [0.15, 0.2) is 5.75 Å². The molecule has 0 atom stereocenters. The lowest BCUT2D eigenvalue weighted by molar-refractivity contribution is 0.0725. The molecule has 15 nitrogen and oxygen atoms in total. The lowest BCUT2D eigenvalue weighted by atomic mass is 10.1. The molecule has 0 aromatic heterocycles. The molecule has 0 aliphatic carbocycles. The Balaban J connectivity index is 0.000000174. The van der Waals surface area contributed by atoms with E-state index in [0.29, 0.717) is 70.8 Å². The van der Waals surface area contributed by atoms with Crippen molar-refractivity contribution in [3.8, 4) is 28.7 Å². The van der Waals surface area contributed by atoms with Crippen molar-refractivity contribution in [1.29, 1.82) is 0 Å². The van der Waals surface area contributed by atoms with E-state index in [2.05, 4.69) is 43.7 Å². The van der Waals surface area contributed by atoms with E-state index in [1.54, 1.807) is 55.7 Å². The minimum Gasteiger partial charge on any atom is -0.496 e. The predicted octanol–water partition coefficient (Wildman–Crippen LogP) is 15.3. The Morgan fingerprint density at radius 3 is 1.80 bits per heavy atom. The van der Waals surface area contributed by atoms with Gasteiger partial charge in [0.1, 0.15) is 23.0 Å². The summed E-state index contributed by atoms with van der Waals surface area (Å²) in [5.74, 6) is 2.91. The van der Waals surface area contributed by atoms with Crippen LogP contribution in [0.4, 0.5) is 27.5 Å². The molecule has 2 aliphatic heterocycles. The first-order chi connectivity index (χ1) is 42.7. The number of isocyanates is 1. The number of ether oxygens (including phenoxy) is 3. The Morgan fingerprint density at radius 2 is 1.15 bits per heavy atom. The van der Waals surface area contributed by atoms with Crippen LogP contribution in [0, 0.1) is 34.6 Å². The maximum absolute atomic E-state index is 13.7. The number of anilines is 3. The third-order valence-corrected chi connectivity index (χ3v) is 16.0.